The monoisotopic (exact) mass is 247 g/mol. The normalized spacial score (nSPS) is 10.6. The van der Waals surface area contributed by atoms with Crippen LogP contribution in [0.4, 0.5) is 0 Å². The van der Waals surface area contributed by atoms with Crippen molar-refractivity contribution in [1.82, 2.24) is 5.43 Å². The van der Waals surface area contributed by atoms with Gasteiger partial charge < -0.3 is 15.6 Å². The van der Waals surface area contributed by atoms with Crippen molar-refractivity contribution in [3.63, 3.8) is 0 Å². The van der Waals surface area contributed by atoms with E-state index in [1.54, 1.807) is 0 Å². The summed E-state index contributed by atoms with van der Waals surface area (Å²) in [5.74, 6) is -1.22. The molecule has 0 rings (SSSR count). The number of hydrogen-bond donors (Lipinski definition) is 2. The fraction of sp³-hybridized carbons (Fsp3) is 0.917. The predicted octanol–water partition coefficient (Wildman–Crippen LogP) is -0.137. The van der Waals surface area contributed by atoms with Crippen molar-refractivity contribution in [3.05, 3.63) is 0 Å². The lowest BCUT2D eigenvalue weighted by Crippen LogP contribution is -2.52. The number of carbonyl (C=O) groups excluding carboxylic acids is 1. The summed E-state index contributed by atoms with van der Waals surface area (Å²) in [6.07, 6.45) is 5.21. The number of quaternary nitrogens is 1. The maximum absolute atomic E-state index is 9.13. The molecular formula is C12H29N3O2. The van der Waals surface area contributed by atoms with Gasteiger partial charge in [-0.3, -0.25) is 4.59 Å². The van der Waals surface area contributed by atoms with Gasteiger partial charge in [-0.25, -0.2) is 0 Å². The van der Waals surface area contributed by atoms with Gasteiger partial charge in [0, 0.05) is 13.1 Å². The summed E-state index contributed by atoms with van der Waals surface area (Å²) < 4.78 is 0.959. The highest BCUT2D eigenvalue weighted by atomic mass is 16.4. The molecule has 0 atom stereocenters. The van der Waals surface area contributed by atoms with E-state index in [1.807, 2.05) is 0 Å². The Morgan fingerprint density at radius 3 is 2.12 bits per heavy atom. The Bertz CT molecular complexity index is 185. The number of carbonyl (C=O) groups is 1. The van der Waals surface area contributed by atoms with Crippen LogP contribution in [0.2, 0.25) is 0 Å². The highest BCUT2D eigenvalue weighted by molar-refractivity contribution is 5.66. The van der Waals surface area contributed by atoms with E-state index < -0.39 is 5.97 Å². The van der Waals surface area contributed by atoms with Crippen LogP contribution in [0.3, 0.4) is 0 Å². The topological polar surface area (TPSA) is 78.2 Å². The molecule has 0 aliphatic heterocycles. The number of nitrogens with zero attached hydrogens (tertiary/aromatic N) is 1. The molecule has 5 heteroatoms. The summed E-state index contributed by atoms with van der Waals surface area (Å²) in [5.41, 5.74) is 8.04. The van der Waals surface area contributed by atoms with Gasteiger partial charge in [0.15, 0.2) is 0 Å². The summed E-state index contributed by atoms with van der Waals surface area (Å²) >= 11 is 0. The van der Waals surface area contributed by atoms with E-state index in [4.69, 9.17) is 9.90 Å². The highest BCUT2D eigenvalue weighted by Crippen LogP contribution is 1.96. The van der Waals surface area contributed by atoms with Crippen LogP contribution in [0, 0.1) is 0 Å². The molecule has 0 aromatic rings. The first kappa shape index (κ1) is 18.7. The second-order valence-electron chi connectivity index (χ2n) is 4.60. The Morgan fingerprint density at radius 2 is 1.76 bits per heavy atom. The van der Waals surface area contributed by atoms with Gasteiger partial charge in [-0.2, -0.15) is 5.43 Å². The molecule has 0 aromatic heterocycles. The lowest BCUT2D eigenvalue weighted by Gasteiger charge is -2.29. The Morgan fingerprint density at radius 1 is 1.24 bits per heavy atom. The number of rotatable bonds is 8. The van der Waals surface area contributed by atoms with Crippen LogP contribution in [0.5, 0.6) is 0 Å². The molecular weight excluding hydrogens is 218 g/mol. The number of hydrogen-bond acceptors (Lipinski definition) is 4. The number of carboxylic acids is 1. The SMILES string of the molecule is CCCCCN[N+](C)(C)CCC.NCC(=O)[O-]. The molecule has 0 aliphatic carbocycles. The number of unbranched alkanes of at least 4 members (excludes halogenated alkanes) is 2. The van der Waals surface area contributed by atoms with Crippen LogP contribution in [0.25, 0.3) is 0 Å². The van der Waals surface area contributed by atoms with E-state index in [0.717, 1.165) is 11.1 Å². The quantitative estimate of drug-likeness (QED) is 0.355. The minimum absolute atomic E-state index is 0.389. The minimum Gasteiger partial charge on any atom is -0.549 e. The smallest absolute Gasteiger partial charge is 0.0955 e. The van der Waals surface area contributed by atoms with Crippen LogP contribution >= 0.6 is 0 Å². The van der Waals surface area contributed by atoms with Crippen molar-refractivity contribution in [2.24, 2.45) is 5.73 Å². The first-order valence-electron chi connectivity index (χ1n) is 6.37. The van der Waals surface area contributed by atoms with Gasteiger partial charge in [0.1, 0.15) is 0 Å². The van der Waals surface area contributed by atoms with Gasteiger partial charge in [0.25, 0.3) is 0 Å². The van der Waals surface area contributed by atoms with Gasteiger partial charge in [-0.15, -0.1) is 0 Å². The molecule has 0 bridgehead atoms. The Hall–Kier alpha value is -0.650. The first-order chi connectivity index (χ1) is 7.89. The average molecular weight is 247 g/mol. The molecule has 0 fully saturated rings. The maximum Gasteiger partial charge on any atom is 0.0955 e. The highest BCUT2D eigenvalue weighted by Gasteiger charge is 2.11. The number of aliphatic carboxylic acids is 1. The Balaban J connectivity index is 0. The zero-order chi connectivity index (χ0) is 13.7. The van der Waals surface area contributed by atoms with Gasteiger partial charge >= 0.3 is 0 Å². The zero-order valence-electron chi connectivity index (χ0n) is 11.8. The van der Waals surface area contributed by atoms with Crippen LogP contribution in [-0.4, -0.2) is 44.3 Å². The summed E-state index contributed by atoms with van der Waals surface area (Å²) in [6, 6.07) is 0. The van der Waals surface area contributed by atoms with E-state index in [9.17, 15) is 0 Å². The number of carboxylic acid groups (broad SMARTS) is 1. The molecule has 5 nitrogen and oxygen atoms in total. The molecule has 0 spiro atoms. The van der Waals surface area contributed by atoms with E-state index in [2.05, 4.69) is 39.1 Å². The van der Waals surface area contributed by atoms with E-state index in [1.165, 1.54) is 32.2 Å². The Kier molecular flexibility index (Phi) is 13.0. The van der Waals surface area contributed by atoms with Gasteiger partial charge in [0.2, 0.25) is 0 Å². The van der Waals surface area contributed by atoms with E-state index in [0.29, 0.717) is 0 Å². The number of nitrogens with one attached hydrogen (secondary N) is 1. The predicted molar refractivity (Wildman–Crippen MR) is 68.9 cm³/mol. The molecule has 3 N–H and O–H groups in total. The maximum atomic E-state index is 9.13. The van der Waals surface area contributed by atoms with Crippen LogP contribution in [0.1, 0.15) is 39.5 Å². The molecule has 0 aromatic carbocycles. The molecule has 0 saturated heterocycles. The summed E-state index contributed by atoms with van der Waals surface area (Å²) in [6.45, 7) is 6.45. The third-order valence-corrected chi connectivity index (χ3v) is 2.27. The Labute approximate surface area is 106 Å². The number of nitrogens with two attached hydrogens (primary N) is 1. The van der Waals surface area contributed by atoms with Crippen molar-refractivity contribution in [1.29, 1.82) is 0 Å². The third-order valence-electron chi connectivity index (χ3n) is 2.27. The molecule has 0 unspecified atom stereocenters. The van der Waals surface area contributed by atoms with Crippen molar-refractivity contribution in [2.45, 2.75) is 39.5 Å². The largest absolute Gasteiger partial charge is 0.549 e. The van der Waals surface area contributed by atoms with Crippen LogP contribution in [-0.2, 0) is 4.79 Å². The first-order valence-corrected chi connectivity index (χ1v) is 6.37. The van der Waals surface area contributed by atoms with Gasteiger partial charge in [-0.05, 0) is 12.8 Å². The lowest BCUT2D eigenvalue weighted by molar-refractivity contribution is -0.934. The molecule has 0 saturated carbocycles. The fourth-order valence-corrected chi connectivity index (χ4v) is 1.39. The summed E-state index contributed by atoms with van der Waals surface area (Å²) in [4.78, 5) is 9.13. The van der Waals surface area contributed by atoms with Gasteiger partial charge in [-0.1, -0.05) is 26.7 Å². The summed E-state index contributed by atoms with van der Waals surface area (Å²) in [5, 5.41) is 9.13. The minimum atomic E-state index is -1.22. The van der Waals surface area contributed by atoms with E-state index in [-0.39, 0.29) is 6.54 Å². The van der Waals surface area contributed by atoms with Crippen LogP contribution in [0.15, 0.2) is 0 Å². The van der Waals surface area contributed by atoms with Gasteiger partial charge in [0.05, 0.1) is 26.6 Å². The third kappa shape index (κ3) is 17.9. The van der Waals surface area contributed by atoms with Crippen molar-refractivity contribution in [3.8, 4) is 0 Å². The average Bonchev–Trinajstić information content (AvgIpc) is 2.25. The van der Waals surface area contributed by atoms with Crippen molar-refractivity contribution < 1.29 is 14.5 Å². The fourth-order valence-electron chi connectivity index (χ4n) is 1.39. The molecule has 0 radical (unpaired) electrons. The lowest BCUT2D eigenvalue weighted by atomic mass is 10.2. The second-order valence-corrected chi connectivity index (χ2v) is 4.60. The molecule has 17 heavy (non-hydrogen) atoms. The van der Waals surface area contributed by atoms with Crippen molar-refractivity contribution >= 4 is 5.97 Å². The summed E-state index contributed by atoms with van der Waals surface area (Å²) in [7, 11) is 4.46. The van der Waals surface area contributed by atoms with Crippen molar-refractivity contribution in [2.75, 3.05) is 33.7 Å². The molecule has 104 valence electrons. The standard InChI is InChI=1S/C10H25N2.C2H5NO2/c1-5-7-8-9-11-12(3,4)10-6-2;3-1-2(4)5/h11H,5-10H2,1-4H3;1,3H2,(H,4,5)/q+1;/p-1. The second kappa shape index (κ2) is 11.8. The zero-order valence-corrected chi connectivity index (χ0v) is 11.8. The van der Waals surface area contributed by atoms with Crippen LogP contribution < -0.4 is 16.3 Å². The molecule has 0 heterocycles. The van der Waals surface area contributed by atoms with E-state index >= 15 is 0 Å². The molecule has 0 amide bonds. The molecule has 0 aliphatic rings.